The van der Waals surface area contributed by atoms with Crippen LogP contribution in [0.3, 0.4) is 0 Å². The standard InChI is InChI=1S/C14H18F3N3S/c1-8(9-4-2-3-5-9)19-13-10(12(18)21)6-7-11(20-13)14(15,16)17/h6-9H,2-5H2,1H3,(H2,18,21)(H,19,20). The van der Waals surface area contributed by atoms with E-state index in [1.165, 1.54) is 6.07 Å². The Balaban J connectivity index is 2.27. The smallest absolute Gasteiger partial charge is 0.389 e. The molecule has 21 heavy (non-hydrogen) atoms. The first kappa shape index (κ1) is 16.0. The zero-order valence-corrected chi connectivity index (χ0v) is 12.5. The van der Waals surface area contributed by atoms with Crippen LogP contribution in [0.2, 0.25) is 0 Å². The van der Waals surface area contributed by atoms with Gasteiger partial charge < -0.3 is 11.1 Å². The number of hydrogen-bond acceptors (Lipinski definition) is 3. The quantitative estimate of drug-likeness (QED) is 0.831. The zero-order chi connectivity index (χ0) is 15.6. The lowest BCUT2D eigenvalue weighted by atomic mass is 9.99. The fraction of sp³-hybridized carbons (Fsp3) is 0.571. The number of alkyl halides is 3. The molecule has 1 aliphatic carbocycles. The molecule has 0 aliphatic heterocycles. The van der Waals surface area contributed by atoms with Gasteiger partial charge >= 0.3 is 6.18 Å². The molecule has 1 saturated carbocycles. The number of halogens is 3. The van der Waals surface area contributed by atoms with Crippen LogP contribution in [0.15, 0.2) is 12.1 Å². The lowest BCUT2D eigenvalue weighted by Gasteiger charge is -2.23. The Labute approximate surface area is 127 Å². The molecule has 2 rings (SSSR count). The van der Waals surface area contributed by atoms with Gasteiger partial charge in [0.25, 0.3) is 0 Å². The minimum Gasteiger partial charge on any atom is -0.389 e. The molecule has 1 aromatic heterocycles. The summed E-state index contributed by atoms with van der Waals surface area (Å²) >= 11 is 4.89. The van der Waals surface area contributed by atoms with E-state index in [2.05, 4.69) is 10.3 Å². The van der Waals surface area contributed by atoms with Crippen LogP contribution in [0.1, 0.15) is 43.9 Å². The van der Waals surface area contributed by atoms with Gasteiger partial charge in [-0.15, -0.1) is 0 Å². The van der Waals surface area contributed by atoms with E-state index in [0.717, 1.165) is 31.7 Å². The minimum absolute atomic E-state index is 0.0385. The number of nitrogens with zero attached hydrogens (tertiary/aromatic N) is 1. The molecule has 0 bridgehead atoms. The molecule has 0 spiro atoms. The maximum absolute atomic E-state index is 12.8. The highest BCUT2D eigenvalue weighted by atomic mass is 32.1. The highest BCUT2D eigenvalue weighted by Gasteiger charge is 2.33. The van der Waals surface area contributed by atoms with E-state index in [1.54, 1.807) is 0 Å². The van der Waals surface area contributed by atoms with Crippen molar-refractivity contribution in [3.05, 3.63) is 23.4 Å². The van der Waals surface area contributed by atoms with Crippen molar-refractivity contribution in [2.45, 2.75) is 44.8 Å². The Morgan fingerprint density at radius 3 is 2.52 bits per heavy atom. The monoisotopic (exact) mass is 317 g/mol. The number of pyridine rings is 1. The SMILES string of the molecule is CC(Nc1nc(C(F)(F)F)ccc1C(N)=S)C1CCCC1. The van der Waals surface area contributed by atoms with E-state index >= 15 is 0 Å². The van der Waals surface area contributed by atoms with Gasteiger partial charge in [-0.25, -0.2) is 4.98 Å². The molecule has 0 radical (unpaired) electrons. The number of aromatic nitrogens is 1. The molecule has 1 fully saturated rings. The molecule has 0 saturated heterocycles. The molecule has 1 aliphatic rings. The molecule has 7 heteroatoms. The molecule has 116 valence electrons. The first-order valence-electron chi connectivity index (χ1n) is 6.93. The van der Waals surface area contributed by atoms with Crippen LogP contribution in [-0.4, -0.2) is 16.0 Å². The Morgan fingerprint density at radius 2 is 2.00 bits per heavy atom. The van der Waals surface area contributed by atoms with Crippen molar-refractivity contribution in [2.75, 3.05) is 5.32 Å². The fourth-order valence-electron chi connectivity index (χ4n) is 2.72. The molecule has 1 atom stereocenters. The predicted octanol–water partition coefficient (Wildman–Crippen LogP) is 3.73. The Hall–Kier alpha value is -1.37. The Bertz CT molecular complexity index is 525. The van der Waals surface area contributed by atoms with Crippen LogP contribution in [-0.2, 0) is 6.18 Å². The molecule has 3 N–H and O–H groups in total. The fourth-order valence-corrected chi connectivity index (χ4v) is 2.88. The number of thiocarbonyl (C=S) groups is 1. The van der Waals surface area contributed by atoms with Gasteiger partial charge in [-0.1, -0.05) is 25.1 Å². The first-order valence-corrected chi connectivity index (χ1v) is 7.34. The van der Waals surface area contributed by atoms with Gasteiger partial charge in [-0.3, -0.25) is 0 Å². The van der Waals surface area contributed by atoms with Crippen molar-refractivity contribution in [2.24, 2.45) is 11.7 Å². The van der Waals surface area contributed by atoms with E-state index in [0.29, 0.717) is 11.5 Å². The van der Waals surface area contributed by atoms with Crippen LogP contribution in [0.5, 0.6) is 0 Å². The van der Waals surface area contributed by atoms with Gasteiger partial charge in [0.2, 0.25) is 0 Å². The van der Waals surface area contributed by atoms with E-state index in [4.69, 9.17) is 18.0 Å². The van der Waals surface area contributed by atoms with Gasteiger partial charge in [0.1, 0.15) is 16.5 Å². The number of hydrogen-bond donors (Lipinski definition) is 2. The minimum atomic E-state index is -4.48. The van der Waals surface area contributed by atoms with E-state index in [1.807, 2.05) is 6.92 Å². The van der Waals surface area contributed by atoms with Gasteiger partial charge in [0.15, 0.2) is 0 Å². The second-order valence-corrected chi connectivity index (χ2v) is 5.87. The second kappa shape index (κ2) is 6.17. The summed E-state index contributed by atoms with van der Waals surface area (Å²) in [5.74, 6) is 0.567. The van der Waals surface area contributed by atoms with Crippen LogP contribution in [0.25, 0.3) is 0 Å². The maximum Gasteiger partial charge on any atom is 0.433 e. The lowest BCUT2D eigenvalue weighted by molar-refractivity contribution is -0.141. The van der Waals surface area contributed by atoms with Crippen molar-refractivity contribution in [3.63, 3.8) is 0 Å². The van der Waals surface area contributed by atoms with Crippen molar-refractivity contribution >= 4 is 23.0 Å². The summed E-state index contributed by atoms with van der Waals surface area (Å²) in [6.45, 7) is 1.96. The summed E-state index contributed by atoms with van der Waals surface area (Å²) in [6.07, 6.45) is -0.00340. The van der Waals surface area contributed by atoms with Gasteiger partial charge in [-0.05, 0) is 37.8 Å². The second-order valence-electron chi connectivity index (χ2n) is 5.43. The summed E-state index contributed by atoms with van der Waals surface area (Å²) in [7, 11) is 0. The summed E-state index contributed by atoms with van der Waals surface area (Å²) in [4.78, 5) is 3.71. The van der Waals surface area contributed by atoms with Crippen LogP contribution >= 0.6 is 12.2 Å². The topological polar surface area (TPSA) is 50.9 Å². The van der Waals surface area contributed by atoms with Gasteiger partial charge in [0.05, 0.1) is 5.56 Å². The van der Waals surface area contributed by atoms with E-state index in [-0.39, 0.29) is 16.8 Å². The average Bonchev–Trinajstić information content (AvgIpc) is 2.91. The molecular weight excluding hydrogens is 299 g/mol. The lowest BCUT2D eigenvalue weighted by Crippen LogP contribution is -2.27. The largest absolute Gasteiger partial charge is 0.433 e. The van der Waals surface area contributed by atoms with Crippen LogP contribution < -0.4 is 11.1 Å². The highest BCUT2D eigenvalue weighted by molar-refractivity contribution is 7.80. The normalized spacial score (nSPS) is 17.7. The van der Waals surface area contributed by atoms with Gasteiger partial charge in [0, 0.05) is 6.04 Å². The van der Waals surface area contributed by atoms with Crippen molar-refractivity contribution in [1.82, 2.24) is 4.98 Å². The molecule has 1 heterocycles. The number of rotatable bonds is 4. The van der Waals surface area contributed by atoms with Crippen molar-refractivity contribution < 1.29 is 13.2 Å². The number of nitrogens with one attached hydrogen (secondary N) is 1. The summed E-state index contributed by atoms with van der Waals surface area (Å²) < 4.78 is 38.4. The maximum atomic E-state index is 12.8. The number of anilines is 1. The zero-order valence-electron chi connectivity index (χ0n) is 11.7. The molecule has 0 amide bonds. The van der Waals surface area contributed by atoms with Crippen molar-refractivity contribution in [1.29, 1.82) is 0 Å². The third-order valence-electron chi connectivity index (χ3n) is 3.92. The summed E-state index contributed by atoms with van der Waals surface area (Å²) in [5.41, 5.74) is 4.98. The van der Waals surface area contributed by atoms with Crippen LogP contribution in [0.4, 0.5) is 19.0 Å². The summed E-state index contributed by atoms with van der Waals surface area (Å²) in [6, 6.07) is 2.22. The molecule has 1 aromatic rings. The molecule has 3 nitrogen and oxygen atoms in total. The average molecular weight is 317 g/mol. The predicted molar refractivity (Wildman–Crippen MR) is 80.2 cm³/mol. The Morgan fingerprint density at radius 1 is 1.38 bits per heavy atom. The first-order chi connectivity index (χ1) is 9.79. The third kappa shape index (κ3) is 3.84. The molecule has 1 unspecified atom stereocenters. The Kier molecular flexibility index (Phi) is 4.70. The molecular formula is C14H18F3N3S. The summed E-state index contributed by atoms with van der Waals surface area (Å²) in [5, 5.41) is 3.07. The van der Waals surface area contributed by atoms with Crippen LogP contribution in [0, 0.1) is 5.92 Å². The third-order valence-corrected chi connectivity index (χ3v) is 4.14. The van der Waals surface area contributed by atoms with Gasteiger partial charge in [-0.2, -0.15) is 13.2 Å². The number of nitrogens with two attached hydrogens (primary N) is 1. The van der Waals surface area contributed by atoms with E-state index < -0.39 is 11.9 Å². The van der Waals surface area contributed by atoms with E-state index in [9.17, 15) is 13.2 Å². The highest BCUT2D eigenvalue weighted by Crippen LogP contribution is 2.32. The van der Waals surface area contributed by atoms with Crippen molar-refractivity contribution in [3.8, 4) is 0 Å². The molecule has 0 aromatic carbocycles.